The van der Waals surface area contributed by atoms with Crippen molar-refractivity contribution in [2.75, 3.05) is 6.54 Å². The van der Waals surface area contributed by atoms with E-state index in [-0.39, 0.29) is 11.7 Å². The van der Waals surface area contributed by atoms with Gasteiger partial charge in [-0.05, 0) is 60.0 Å². The first-order chi connectivity index (χ1) is 13.2. The summed E-state index contributed by atoms with van der Waals surface area (Å²) in [5.74, 6) is 0.908. The number of pyridine rings is 1. The molecule has 0 bridgehead atoms. The largest absolute Gasteiger partial charge is 0.456 e. The standard InChI is InChI=1S/C22H19FN2O2/c23-19-9-6-17(7-10-19)8-11-22(26)25-14-12-18-3-1-4-20(15-18)27-21-5-2-13-24-16-21/h1-11,13,15-16H,12,14H2,(H,25,26). The van der Waals surface area contributed by atoms with E-state index in [4.69, 9.17) is 4.74 Å². The first-order valence-corrected chi connectivity index (χ1v) is 8.57. The van der Waals surface area contributed by atoms with E-state index >= 15 is 0 Å². The van der Waals surface area contributed by atoms with Gasteiger partial charge in [0.1, 0.15) is 17.3 Å². The number of amides is 1. The number of aromatic nitrogens is 1. The molecule has 5 heteroatoms. The summed E-state index contributed by atoms with van der Waals surface area (Å²) in [6.45, 7) is 0.503. The minimum Gasteiger partial charge on any atom is -0.456 e. The molecule has 0 saturated heterocycles. The summed E-state index contributed by atoms with van der Waals surface area (Å²) in [4.78, 5) is 15.9. The molecule has 2 aromatic carbocycles. The van der Waals surface area contributed by atoms with Crippen molar-refractivity contribution in [3.05, 3.63) is 96.1 Å². The Morgan fingerprint density at radius 2 is 1.89 bits per heavy atom. The van der Waals surface area contributed by atoms with Crippen molar-refractivity contribution >= 4 is 12.0 Å². The van der Waals surface area contributed by atoms with Crippen LogP contribution in [0.25, 0.3) is 6.08 Å². The number of ether oxygens (including phenoxy) is 1. The molecule has 136 valence electrons. The van der Waals surface area contributed by atoms with Gasteiger partial charge in [0.25, 0.3) is 0 Å². The van der Waals surface area contributed by atoms with E-state index in [0.29, 0.717) is 18.7 Å². The third-order valence-electron chi connectivity index (χ3n) is 3.78. The van der Waals surface area contributed by atoms with Gasteiger partial charge in [0, 0.05) is 18.8 Å². The second kappa shape index (κ2) is 9.29. The zero-order valence-electron chi connectivity index (χ0n) is 14.6. The van der Waals surface area contributed by atoms with Crippen molar-refractivity contribution in [3.8, 4) is 11.5 Å². The van der Waals surface area contributed by atoms with Gasteiger partial charge in [-0.2, -0.15) is 0 Å². The summed E-state index contributed by atoms with van der Waals surface area (Å²) in [5.41, 5.74) is 1.83. The minimum absolute atomic E-state index is 0.193. The Morgan fingerprint density at radius 1 is 1.07 bits per heavy atom. The van der Waals surface area contributed by atoms with Crippen LogP contribution in [0.4, 0.5) is 4.39 Å². The molecular formula is C22H19FN2O2. The quantitative estimate of drug-likeness (QED) is 0.635. The molecule has 0 fully saturated rings. The molecule has 3 rings (SSSR count). The van der Waals surface area contributed by atoms with E-state index in [1.165, 1.54) is 18.2 Å². The molecule has 0 aliphatic heterocycles. The van der Waals surface area contributed by atoms with Gasteiger partial charge in [0.15, 0.2) is 0 Å². The van der Waals surface area contributed by atoms with E-state index in [1.807, 2.05) is 36.4 Å². The third-order valence-corrected chi connectivity index (χ3v) is 3.78. The Balaban J connectivity index is 1.48. The molecule has 0 unspecified atom stereocenters. The van der Waals surface area contributed by atoms with Gasteiger partial charge in [0.2, 0.25) is 5.91 Å². The van der Waals surface area contributed by atoms with Crippen molar-refractivity contribution in [2.24, 2.45) is 0 Å². The molecular weight excluding hydrogens is 343 g/mol. The normalized spacial score (nSPS) is 10.7. The average molecular weight is 362 g/mol. The molecule has 0 spiro atoms. The average Bonchev–Trinajstić information content (AvgIpc) is 2.69. The van der Waals surface area contributed by atoms with Crippen LogP contribution >= 0.6 is 0 Å². The van der Waals surface area contributed by atoms with Crippen LogP contribution in [0.2, 0.25) is 0 Å². The number of nitrogens with zero attached hydrogens (tertiary/aromatic N) is 1. The highest BCUT2D eigenvalue weighted by atomic mass is 19.1. The maximum Gasteiger partial charge on any atom is 0.244 e. The zero-order chi connectivity index (χ0) is 18.9. The summed E-state index contributed by atoms with van der Waals surface area (Å²) in [5, 5.41) is 2.83. The maximum atomic E-state index is 12.8. The van der Waals surface area contributed by atoms with E-state index in [2.05, 4.69) is 10.3 Å². The summed E-state index contributed by atoms with van der Waals surface area (Å²) in [6, 6.07) is 17.3. The lowest BCUT2D eigenvalue weighted by Crippen LogP contribution is -2.23. The molecule has 0 aliphatic carbocycles. The smallest absolute Gasteiger partial charge is 0.244 e. The Hall–Kier alpha value is -3.47. The Kier molecular flexibility index (Phi) is 6.30. The van der Waals surface area contributed by atoms with Crippen molar-refractivity contribution in [1.29, 1.82) is 0 Å². The van der Waals surface area contributed by atoms with Crippen molar-refractivity contribution in [3.63, 3.8) is 0 Å². The van der Waals surface area contributed by atoms with Crippen LogP contribution in [0.1, 0.15) is 11.1 Å². The summed E-state index contributed by atoms with van der Waals surface area (Å²) in [6.07, 6.45) is 7.11. The molecule has 1 aromatic heterocycles. The lowest BCUT2D eigenvalue weighted by Gasteiger charge is -2.07. The highest BCUT2D eigenvalue weighted by molar-refractivity contribution is 5.91. The number of rotatable bonds is 7. The predicted octanol–water partition coefficient (Wildman–Crippen LogP) is 4.39. The van der Waals surface area contributed by atoms with Gasteiger partial charge in [-0.15, -0.1) is 0 Å². The summed E-state index contributed by atoms with van der Waals surface area (Å²) >= 11 is 0. The SMILES string of the molecule is O=C(C=Cc1ccc(F)cc1)NCCc1cccc(Oc2cccnc2)c1. The molecule has 3 aromatic rings. The fourth-order valence-corrected chi connectivity index (χ4v) is 2.44. The molecule has 1 amide bonds. The van der Waals surface area contributed by atoms with E-state index in [1.54, 1.807) is 30.6 Å². The Morgan fingerprint density at radius 3 is 2.67 bits per heavy atom. The maximum absolute atomic E-state index is 12.8. The molecule has 27 heavy (non-hydrogen) atoms. The highest BCUT2D eigenvalue weighted by Gasteiger charge is 2.01. The second-order valence-corrected chi connectivity index (χ2v) is 5.86. The van der Waals surface area contributed by atoms with E-state index < -0.39 is 0 Å². The van der Waals surface area contributed by atoms with Gasteiger partial charge in [-0.1, -0.05) is 24.3 Å². The third kappa shape index (κ3) is 6.08. The Bertz CT molecular complexity index is 909. The second-order valence-electron chi connectivity index (χ2n) is 5.86. The van der Waals surface area contributed by atoms with Crippen molar-refractivity contribution < 1.29 is 13.9 Å². The van der Waals surface area contributed by atoms with E-state index in [9.17, 15) is 9.18 Å². The van der Waals surface area contributed by atoms with Crippen molar-refractivity contribution in [2.45, 2.75) is 6.42 Å². The van der Waals surface area contributed by atoms with Crippen LogP contribution < -0.4 is 10.1 Å². The number of carbonyl (C=O) groups is 1. The molecule has 0 aliphatic rings. The number of benzene rings is 2. The first-order valence-electron chi connectivity index (χ1n) is 8.57. The van der Waals surface area contributed by atoms with Crippen LogP contribution in [0.5, 0.6) is 11.5 Å². The fraction of sp³-hybridized carbons (Fsp3) is 0.0909. The highest BCUT2D eigenvalue weighted by Crippen LogP contribution is 2.21. The summed E-state index contributed by atoms with van der Waals surface area (Å²) in [7, 11) is 0. The number of carbonyl (C=O) groups excluding carboxylic acids is 1. The van der Waals surface area contributed by atoms with Crippen LogP contribution in [-0.4, -0.2) is 17.4 Å². The molecule has 4 nitrogen and oxygen atoms in total. The van der Waals surface area contributed by atoms with Crippen LogP contribution in [0, 0.1) is 5.82 Å². The zero-order valence-corrected chi connectivity index (χ0v) is 14.6. The number of halogens is 1. The monoisotopic (exact) mass is 362 g/mol. The first kappa shape index (κ1) is 18.3. The minimum atomic E-state index is -0.300. The molecule has 0 atom stereocenters. The van der Waals surface area contributed by atoms with Gasteiger partial charge < -0.3 is 10.1 Å². The van der Waals surface area contributed by atoms with E-state index in [0.717, 1.165) is 16.9 Å². The lowest BCUT2D eigenvalue weighted by molar-refractivity contribution is -0.116. The number of hydrogen-bond donors (Lipinski definition) is 1. The van der Waals surface area contributed by atoms with Crippen LogP contribution in [0.15, 0.2) is 79.1 Å². The van der Waals surface area contributed by atoms with Crippen LogP contribution in [-0.2, 0) is 11.2 Å². The van der Waals surface area contributed by atoms with Gasteiger partial charge >= 0.3 is 0 Å². The van der Waals surface area contributed by atoms with Gasteiger partial charge in [-0.25, -0.2) is 4.39 Å². The molecule has 1 N–H and O–H groups in total. The lowest BCUT2D eigenvalue weighted by atomic mass is 10.1. The summed E-state index contributed by atoms with van der Waals surface area (Å²) < 4.78 is 18.6. The van der Waals surface area contributed by atoms with Crippen LogP contribution in [0.3, 0.4) is 0 Å². The predicted molar refractivity (Wildman–Crippen MR) is 103 cm³/mol. The van der Waals surface area contributed by atoms with Gasteiger partial charge in [-0.3, -0.25) is 9.78 Å². The molecule has 1 heterocycles. The topological polar surface area (TPSA) is 51.2 Å². The van der Waals surface area contributed by atoms with Gasteiger partial charge in [0.05, 0.1) is 6.20 Å². The fourth-order valence-electron chi connectivity index (χ4n) is 2.44. The Labute approximate surface area is 157 Å². The van der Waals surface area contributed by atoms with Crippen molar-refractivity contribution in [1.82, 2.24) is 10.3 Å². The molecule has 0 radical (unpaired) electrons. The number of nitrogens with one attached hydrogen (secondary N) is 1. The number of hydrogen-bond acceptors (Lipinski definition) is 3. The molecule has 0 saturated carbocycles.